The summed E-state index contributed by atoms with van der Waals surface area (Å²) in [5.41, 5.74) is 5.00. The molecule has 0 aliphatic heterocycles. The average Bonchev–Trinajstić information content (AvgIpc) is 1.98. The zero-order valence-corrected chi connectivity index (χ0v) is 10.1. The van der Waals surface area contributed by atoms with Crippen LogP contribution in [0.1, 0.15) is 18.5 Å². The van der Waals surface area contributed by atoms with Crippen LogP contribution < -0.4 is 5.73 Å². The summed E-state index contributed by atoms with van der Waals surface area (Å²) in [5, 5.41) is 0. The van der Waals surface area contributed by atoms with Gasteiger partial charge < -0.3 is 5.73 Å². The first-order valence-corrected chi connectivity index (χ1v) is 6.05. The molecule has 1 aromatic rings. The maximum atomic E-state index is 13.1. The molecule has 0 aliphatic carbocycles. The van der Waals surface area contributed by atoms with E-state index in [1.165, 1.54) is 6.92 Å². The molecule has 17 heavy (non-hydrogen) atoms. The highest BCUT2D eigenvalue weighted by atomic mass is 35.5. The first-order chi connectivity index (χ1) is 6.81. The molecule has 0 radical (unpaired) electrons. The summed E-state index contributed by atoms with van der Waals surface area (Å²) in [4.78, 5) is -2.25. The van der Waals surface area contributed by atoms with E-state index in [1.54, 1.807) is 0 Å². The fraction of sp³-hybridized carbons (Fsp3) is 0.250. The summed E-state index contributed by atoms with van der Waals surface area (Å²) in [5.74, 6) is -1.39. The third kappa shape index (κ3) is 3.97. The topological polar surface area (TPSA) is 26.0 Å². The van der Waals surface area contributed by atoms with Gasteiger partial charge in [0.25, 0.3) is 0 Å². The van der Waals surface area contributed by atoms with Crippen molar-refractivity contribution >= 4 is 22.6 Å². The van der Waals surface area contributed by atoms with Gasteiger partial charge in [-0.3, -0.25) is 0 Å². The molecule has 0 amide bonds. The molecule has 0 bridgehead atoms. The van der Waals surface area contributed by atoms with E-state index >= 15 is 0 Å². The Morgan fingerprint density at radius 3 is 1.88 bits per heavy atom. The minimum Gasteiger partial charge on any atom is -0.324 e. The summed E-state index contributed by atoms with van der Waals surface area (Å²) in [6.45, 7) is 1.33. The lowest BCUT2D eigenvalue weighted by atomic mass is 10.1. The van der Waals surface area contributed by atoms with E-state index < -0.39 is 27.0 Å². The second-order valence-corrected chi connectivity index (χ2v) is 5.85. The van der Waals surface area contributed by atoms with Gasteiger partial charge in [-0.1, -0.05) is 25.5 Å². The Labute approximate surface area is 100 Å². The van der Waals surface area contributed by atoms with E-state index in [1.807, 2.05) is 0 Å². The Balaban J connectivity index is 0.00000256. The normalized spacial score (nSPS) is 17.6. The van der Waals surface area contributed by atoms with Gasteiger partial charge in [-0.15, -0.1) is 12.4 Å². The van der Waals surface area contributed by atoms with Crippen molar-refractivity contribution in [3.05, 3.63) is 29.6 Å². The molecule has 0 aromatic heterocycles. The van der Waals surface area contributed by atoms with Crippen molar-refractivity contribution in [1.29, 1.82) is 0 Å². The largest absolute Gasteiger partial charge is 0.324 e. The number of hydrogen-bond donors (Lipinski definition) is 1. The number of halogens is 7. The fourth-order valence-corrected chi connectivity index (χ4v) is 1.77. The quantitative estimate of drug-likeness (QED) is 0.771. The van der Waals surface area contributed by atoms with Crippen LogP contribution >= 0.6 is 22.6 Å². The first-order valence-electron chi connectivity index (χ1n) is 4.10. The lowest BCUT2D eigenvalue weighted by Crippen LogP contribution is -2.10. The first kappa shape index (κ1) is 16.4. The van der Waals surface area contributed by atoms with Gasteiger partial charge in [0.2, 0.25) is 0 Å². The molecule has 9 heteroatoms. The number of rotatable bonds is 2. The maximum Gasteiger partial charge on any atom is 0.310 e. The van der Waals surface area contributed by atoms with E-state index in [2.05, 4.69) is 0 Å². The highest BCUT2D eigenvalue weighted by molar-refractivity contribution is 8.45. The Kier molecular flexibility index (Phi) is 3.56. The molecule has 0 saturated carbocycles. The summed E-state index contributed by atoms with van der Waals surface area (Å²) < 4.78 is 74.4. The minimum absolute atomic E-state index is 0. The highest BCUT2D eigenvalue weighted by Gasteiger charge is 2.65. The van der Waals surface area contributed by atoms with Gasteiger partial charge in [0.05, 0.1) is 0 Å². The number of benzene rings is 1. The summed E-state index contributed by atoms with van der Waals surface area (Å²) in [6.07, 6.45) is 0. The van der Waals surface area contributed by atoms with E-state index in [9.17, 15) is 23.8 Å². The van der Waals surface area contributed by atoms with Crippen molar-refractivity contribution in [3.63, 3.8) is 0 Å². The van der Waals surface area contributed by atoms with E-state index in [-0.39, 0.29) is 30.1 Å². The van der Waals surface area contributed by atoms with Crippen molar-refractivity contribution in [1.82, 2.24) is 0 Å². The molecule has 1 unspecified atom stereocenters. The lowest BCUT2D eigenvalue weighted by Gasteiger charge is -2.40. The van der Waals surface area contributed by atoms with Gasteiger partial charge in [-0.2, -0.15) is 0 Å². The molecular weight excluding hydrogens is 292 g/mol. The Morgan fingerprint density at radius 2 is 1.59 bits per heavy atom. The van der Waals surface area contributed by atoms with Crippen LogP contribution in [0.25, 0.3) is 0 Å². The molecule has 0 aliphatic rings. The van der Waals surface area contributed by atoms with Crippen LogP contribution in [0.5, 0.6) is 0 Å². The molecule has 0 heterocycles. The molecule has 0 saturated heterocycles. The highest BCUT2D eigenvalue weighted by Crippen LogP contribution is 3.02. The molecule has 0 fully saturated rings. The Hall–Kier alpha value is -0.600. The average molecular weight is 302 g/mol. The molecule has 102 valence electrons. The van der Waals surface area contributed by atoms with E-state index in [4.69, 9.17) is 5.73 Å². The molecule has 1 aromatic carbocycles. The number of nitrogens with two attached hydrogens (primary N) is 1. The molecule has 1 nitrogen and oxygen atoms in total. The molecule has 1 rings (SSSR count). The second kappa shape index (κ2) is 3.69. The monoisotopic (exact) mass is 301 g/mol. The standard InChI is InChI=1S/C8H9F6NS.ClH/c1-5(15)7-3-2-6(4-8(7)9)16(10,11,12,13)14;/h2-5H,15H2,1H3;1H. The third-order valence-electron chi connectivity index (χ3n) is 1.91. The molecule has 2 N–H and O–H groups in total. The van der Waals surface area contributed by atoms with E-state index in [0.29, 0.717) is 6.07 Å². The Bertz CT molecular complexity index is 428. The van der Waals surface area contributed by atoms with Gasteiger partial charge in [-0.25, -0.2) is 4.39 Å². The van der Waals surface area contributed by atoms with Crippen molar-refractivity contribution in [2.45, 2.75) is 17.9 Å². The minimum atomic E-state index is -9.81. The fourth-order valence-electron chi connectivity index (χ4n) is 1.12. The summed E-state index contributed by atoms with van der Waals surface area (Å²) in [6, 6.07) is -0.329. The lowest BCUT2D eigenvalue weighted by molar-refractivity contribution is 0.362. The van der Waals surface area contributed by atoms with Gasteiger partial charge in [0, 0.05) is 11.6 Å². The van der Waals surface area contributed by atoms with Gasteiger partial charge in [0.15, 0.2) is 0 Å². The summed E-state index contributed by atoms with van der Waals surface area (Å²) in [7, 11) is -9.81. The van der Waals surface area contributed by atoms with Crippen molar-refractivity contribution in [2.24, 2.45) is 5.73 Å². The smallest absolute Gasteiger partial charge is 0.310 e. The third-order valence-corrected chi connectivity index (χ3v) is 3.05. The molecule has 0 spiro atoms. The van der Waals surface area contributed by atoms with Crippen LogP contribution in [-0.4, -0.2) is 0 Å². The van der Waals surface area contributed by atoms with Gasteiger partial charge in [-0.05, 0) is 19.1 Å². The van der Waals surface area contributed by atoms with Crippen LogP contribution in [0.2, 0.25) is 0 Å². The van der Waals surface area contributed by atoms with Crippen LogP contribution in [0.4, 0.5) is 23.8 Å². The zero-order chi connectivity index (χ0) is 12.8. The second-order valence-electron chi connectivity index (χ2n) is 3.44. The molecule has 1 atom stereocenters. The van der Waals surface area contributed by atoms with E-state index in [0.717, 1.165) is 0 Å². The number of hydrogen-bond acceptors (Lipinski definition) is 1. The van der Waals surface area contributed by atoms with Crippen molar-refractivity contribution in [3.8, 4) is 0 Å². The van der Waals surface area contributed by atoms with Gasteiger partial charge in [0.1, 0.15) is 10.7 Å². The predicted octanol–water partition coefficient (Wildman–Crippen LogP) is 4.92. The van der Waals surface area contributed by atoms with Crippen LogP contribution in [0.3, 0.4) is 0 Å². The van der Waals surface area contributed by atoms with Crippen LogP contribution in [-0.2, 0) is 0 Å². The SMILES string of the molecule is CC(N)c1ccc(S(F)(F)(F)(F)F)cc1F.Cl. The summed E-state index contributed by atoms with van der Waals surface area (Å²) >= 11 is 0. The zero-order valence-electron chi connectivity index (χ0n) is 8.47. The van der Waals surface area contributed by atoms with Gasteiger partial charge >= 0.3 is 10.2 Å². The van der Waals surface area contributed by atoms with Crippen molar-refractivity contribution in [2.75, 3.05) is 0 Å². The van der Waals surface area contributed by atoms with Crippen LogP contribution in [0.15, 0.2) is 23.1 Å². The Morgan fingerprint density at radius 1 is 1.12 bits per heavy atom. The maximum absolute atomic E-state index is 13.1. The predicted molar refractivity (Wildman–Crippen MR) is 57.6 cm³/mol. The van der Waals surface area contributed by atoms with Crippen LogP contribution in [0, 0.1) is 5.82 Å². The van der Waals surface area contributed by atoms with Crippen molar-refractivity contribution < 1.29 is 23.8 Å². The molecular formula is C8H10ClF6NS.